The van der Waals surface area contributed by atoms with Crippen molar-refractivity contribution in [2.24, 2.45) is 0 Å². The van der Waals surface area contributed by atoms with E-state index in [4.69, 9.17) is 21.7 Å². The Labute approximate surface area is 177 Å². The molecule has 160 valence electrons. The Kier molecular flexibility index (Phi) is 7.61. The molecule has 2 rings (SSSR count). The molecule has 0 radical (unpaired) electrons. The number of nitrogens with one attached hydrogen (secondary N) is 2. The lowest BCUT2D eigenvalue weighted by Gasteiger charge is -2.35. The maximum absolute atomic E-state index is 12.7. The molecule has 0 amide bonds. The summed E-state index contributed by atoms with van der Waals surface area (Å²) in [4.78, 5) is 14.4. The first kappa shape index (κ1) is 23.1. The van der Waals surface area contributed by atoms with Crippen LogP contribution in [0.4, 0.5) is 5.69 Å². The highest BCUT2D eigenvalue weighted by Gasteiger charge is 2.33. The molecule has 29 heavy (non-hydrogen) atoms. The molecule has 0 saturated heterocycles. The number of rotatable bonds is 8. The predicted octanol–water partition coefficient (Wildman–Crippen LogP) is 2.16. The molecule has 1 heterocycles. The van der Waals surface area contributed by atoms with E-state index in [2.05, 4.69) is 10.0 Å². The summed E-state index contributed by atoms with van der Waals surface area (Å²) >= 11 is 5.37. The number of nitrogens with zero attached hydrogens (tertiary/aromatic N) is 1. The van der Waals surface area contributed by atoms with Gasteiger partial charge in [0, 0.05) is 25.5 Å². The third-order valence-corrected chi connectivity index (χ3v) is 6.77. The number of benzene rings is 1. The molecule has 0 aromatic heterocycles. The van der Waals surface area contributed by atoms with Crippen LogP contribution in [0.1, 0.15) is 32.4 Å². The highest BCUT2D eigenvalue weighted by molar-refractivity contribution is 7.93. The Morgan fingerprint density at radius 3 is 2.45 bits per heavy atom. The van der Waals surface area contributed by atoms with Gasteiger partial charge in [-0.25, -0.2) is 13.2 Å². The van der Waals surface area contributed by atoms with Crippen molar-refractivity contribution in [2.75, 3.05) is 32.1 Å². The first-order valence-corrected chi connectivity index (χ1v) is 11.1. The zero-order chi connectivity index (χ0) is 21.8. The van der Waals surface area contributed by atoms with Crippen molar-refractivity contribution in [3.63, 3.8) is 0 Å². The molecule has 10 heteroatoms. The van der Waals surface area contributed by atoms with Crippen LogP contribution in [0.25, 0.3) is 0 Å². The number of hydrogen-bond donors (Lipinski definition) is 2. The van der Waals surface area contributed by atoms with E-state index in [1.165, 1.54) is 7.11 Å². The zero-order valence-corrected chi connectivity index (χ0v) is 18.8. The smallest absolute Gasteiger partial charge is 0.338 e. The number of sulfonamides is 1. The lowest BCUT2D eigenvalue weighted by Crippen LogP contribution is -2.46. The maximum atomic E-state index is 12.7. The van der Waals surface area contributed by atoms with E-state index in [0.717, 1.165) is 5.56 Å². The Balaban J connectivity index is 2.32. The van der Waals surface area contributed by atoms with Crippen LogP contribution in [0, 0.1) is 0 Å². The molecule has 1 aliphatic heterocycles. The molecule has 8 nitrogen and oxygen atoms in total. The average Bonchev–Trinajstić information content (AvgIpc) is 2.66. The SMILES string of the molecule is COCCOC(=O)C1=C(C)N(C)C(=S)NC1c1ccc(NS(=O)(=O)C(C)C)cc1. The van der Waals surface area contributed by atoms with Gasteiger partial charge in [0.05, 0.1) is 23.5 Å². The maximum Gasteiger partial charge on any atom is 0.338 e. The average molecular weight is 442 g/mol. The molecule has 0 saturated carbocycles. The molecule has 0 aliphatic carbocycles. The highest BCUT2D eigenvalue weighted by atomic mass is 32.2. The molecular weight excluding hydrogens is 414 g/mol. The van der Waals surface area contributed by atoms with Crippen LogP contribution in [0.2, 0.25) is 0 Å². The minimum atomic E-state index is -3.44. The van der Waals surface area contributed by atoms with Crippen molar-refractivity contribution < 1.29 is 22.7 Å². The molecule has 1 unspecified atom stereocenters. The zero-order valence-electron chi connectivity index (χ0n) is 17.2. The lowest BCUT2D eigenvalue weighted by molar-refractivity contribution is -0.140. The second-order valence-electron chi connectivity index (χ2n) is 6.89. The minimum Gasteiger partial charge on any atom is -0.460 e. The van der Waals surface area contributed by atoms with E-state index < -0.39 is 27.3 Å². The monoisotopic (exact) mass is 441 g/mol. The molecule has 0 fully saturated rings. The number of hydrogen-bond acceptors (Lipinski definition) is 6. The molecule has 0 bridgehead atoms. The van der Waals surface area contributed by atoms with E-state index in [-0.39, 0.29) is 6.61 Å². The van der Waals surface area contributed by atoms with Crippen molar-refractivity contribution in [3.8, 4) is 0 Å². The van der Waals surface area contributed by atoms with Gasteiger partial charge in [-0.05, 0) is 50.7 Å². The standard InChI is InChI=1S/C19H27N3O5S2/c1-12(2)29(24,25)21-15-8-6-14(7-9-15)17-16(18(23)27-11-10-26-5)13(3)22(4)19(28)20-17/h6-9,12,17,21H,10-11H2,1-5H3,(H,20,28). The summed E-state index contributed by atoms with van der Waals surface area (Å²) in [6.45, 7) is 5.46. The molecule has 2 N–H and O–H groups in total. The van der Waals surface area contributed by atoms with Gasteiger partial charge in [-0.3, -0.25) is 4.72 Å². The number of carbonyl (C=O) groups excluding carboxylic acids is 1. The Bertz CT molecular complexity index is 895. The van der Waals surface area contributed by atoms with Crippen LogP contribution >= 0.6 is 12.2 Å². The topological polar surface area (TPSA) is 97.0 Å². The fourth-order valence-electron chi connectivity index (χ4n) is 2.67. The van der Waals surface area contributed by atoms with E-state index in [1.54, 1.807) is 57.0 Å². The van der Waals surface area contributed by atoms with Crippen molar-refractivity contribution in [3.05, 3.63) is 41.1 Å². The molecular formula is C19H27N3O5S2. The second-order valence-corrected chi connectivity index (χ2v) is 9.51. The number of esters is 1. The van der Waals surface area contributed by atoms with Crippen LogP contribution < -0.4 is 10.0 Å². The van der Waals surface area contributed by atoms with Gasteiger partial charge in [0.15, 0.2) is 5.11 Å². The quantitative estimate of drug-likeness (QED) is 0.360. The van der Waals surface area contributed by atoms with Crippen LogP contribution in [-0.4, -0.2) is 57.0 Å². The third kappa shape index (κ3) is 5.46. The summed E-state index contributed by atoms with van der Waals surface area (Å²) in [5.74, 6) is -0.462. The van der Waals surface area contributed by atoms with E-state index in [0.29, 0.717) is 28.7 Å². The summed E-state index contributed by atoms with van der Waals surface area (Å²) < 4.78 is 36.9. The second kappa shape index (κ2) is 9.55. The van der Waals surface area contributed by atoms with Crippen molar-refractivity contribution >= 4 is 39.0 Å². The Morgan fingerprint density at radius 1 is 1.28 bits per heavy atom. The van der Waals surface area contributed by atoms with Crippen molar-refractivity contribution in [1.29, 1.82) is 0 Å². The summed E-state index contributed by atoms with van der Waals surface area (Å²) in [7, 11) is -0.136. The Morgan fingerprint density at radius 2 is 1.90 bits per heavy atom. The summed E-state index contributed by atoms with van der Waals surface area (Å²) in [5, 5.41) is 3.08. The fourth-order valence-corrected chi connectivity index (χ4v) is 3.63. The van der Waals surface area contributed by atoms with E-state index >= 15 is 0 Å². The molecule has 1 aliphatic rings. The number of anilines is 1. The Hall–Kier alpha value is -2.17. The van der Waals surface area contributed by atoms with Gasteiger partial charge >= 0.3 is 5.97 Å². The molecule has 1 atom stereocenters. The molecule has 1 aromatic rings. The van der Waals surface area contributed by atoms with Crippen LogP contribution in [0.15, 0.2) is 35.5 Å². The summed E-state index contributed by atoms with van der Waals surface area (Å²) in [6, 6.07) is 6.30. The van der Waals surface area contributed by atoms with Gasteiger partial charge in [-0.1, -0.05) is 12.1 Å². The largest absolute Gasteiger partial charge is 0.460 e. The first-order valence-electron chi connectivity index (χ1n) is 9.11. The van der Waals surface area contributed by atoms with Crippen molar-refractivity contribution in [1.82, 2.24) is 10.2 Å². The molecule has 1 aromatic carbocycles. The summed E-state index contributed by atoms with van der Waals surface area (Å²) in [6.07, 6.45) is 0. The van der Waals surface area contributed by atoms with Gasteiger partial charge < -0.3 is 19.7 Å². The summed E-state index contributed by atoms with van der Waals surface area (Å²) in [5.41, 5.74) is 2.33. The number of allylic oxidation sites excluding steroid dienone is 1. The fraction of sp³-hybridized carbons (Fsp3) is 0.474. The highest BCUT2D eigenvalue weighted by Crippen LogP contribution is 2.31. The lowest BCUT2D eigenvalue weighted by atomic mass is 9.95. The van der Waals surface area contributed by atoms with Crippen LogP contribution in [0.5, 0.6) is 0 Å². The molecule has 0 spiro atoms. The first-order chi connectivity index (χ1) is 13.6. The van der Waals surface area contributed by atoms with Gasteiger partial charge in [-0.15, -0.1) is 0 Å². The number of methoxy groups -OCH3 is 1. The van der Waals surface area contributed by atoms with Gasteiger partial charge in [0.25, 0.3) is 0 Å². The van der Waals surface area contributed by atoms with Gasteiger partial charge in [0.1, 0.15) is 6.61 Å². The predicted molar refractivity (Wildman–Crippen MR) is 116 cm³/mol. The van der Waals surface area contributed by atoms with E-state index in [1.807, 2.05) is 0 Å². The van der Waals surface area contributed by atoms with E-state index in [9.17, 15) is 13.2 Å². The van der Waals surface area contributed by atoms with Crippen LogP contribution in [-0.2, 0) is 24.3 Å². The van der Waals surface area contributed by atoms with Gasteiger partial charge in [-0.2, -0.15) is 0 Å². The normalized spacial score (nSPS) is 17.4. The van der Waals surface area contributed by atoms with Crippen LogP contribution in [0.3, 0.4) is 0 Å². The van der Waals surface area contributed by atoms with Crippen molar-refractivity contribution in [2.45, 2.75) is 32.1 Å². The van der Waals surface area contributed by atoms with Gasteiger partial charge in [0.2, 0.25) is 10.0 Å². The third-order valence-electron chi connectivity index (χ3n) is 4.62. The number of carbonyl (C=O) groups is 1. The number of thiocarbonyl (C=S) groups is 1. The number of ether oxygens (including phenoxy) is 2. The minimum absolute atomic E-state index is 0.142.